The van der Waals surface area contributed by atoms with Crippen molar-refractivity contribution in [1.82, 2.24) is 39.8 Å². The molecular formula is C46H49N11O6S. The predicted octanol–water partition coefficient (Wildman–Crippen LogP) is 5.32. The third-order valence-corrected chi connectivity index (χ3v) is 10.1. The third kappa shape index (κ3) is 13.8. The van der Waals surface area contributed by atoms with Gasteiger partial charge in [-0.15, -0.1) is 11.3 Å². The van der Waals surface area contributed by atoms with Crippen LogP contribution in [0.3, 0.4) is 0 Å². The number of rotatable bonds is 19. The van der Waals surface area contributed by atoms with Gasteiger partial charge in [0.2, 0.25) is 11.8 Å². The van der Waals surface area contributed by atoms with E-state index in [0.717, 1.165) is 27.9 Å². The van der Waals surface area contributed by atoms with E-state index in [9.17, 15) is 19.2 Å². The fourth-order valence-corrected chi connectivity index (χ4v) is 6.87. The number of hydrogen-bond acceptors (Lipinski definition) is 14. The Labute approximate surface area is 374 Å². The van der Waals surface area contributed by atoms with E-state index in [1.807, 2.05) is 78.2 Å². The van der Waals surface area contributed by atoms with Crippen molar-refractivity contribution < 1.29 is 28.7 Å². The van der Waals surface area contributed by atoms with E-state index in [2.05, 4.69) is 41.1 Å². The zero-order valence-corrected chi connectivity index (χ0v) is 36.2. The summed E-state index contributed by atoms with van der Waals surface area (Å²) in [4.78, 5) is 62.5. The SMILES string of the molecule is CCOC(=O)Cn1nc(-c2ccncc2)cc1NC(=O)[C@@H](N)Cc1ccccc1.CCOC(=O)Cn1nc(-c2ccncc2)cc1NC(=O)[C@H](Cc1ccccc1)NCc1cscn1. The molecule has 0 aliphatic heterocycles. The first kappa shape index (κ1) is 46.1. The molecule has 0 fully saturated rings. The summed E-state index contributed by atoms with van der Waals surface area (Å²) in [6, 6.07) is 28.7. The number of pyridine rings is 2. The molecule has 0 aliphatic rings. The maximum atomic E-state index is 13.4. The molecule has 0 aliphatic carbocycles. The highest BCUT2D eigenvalue weighted by atomic mass is 32.1. The van der Waals surface area contributed by atoms with Gasteiger partial charge in [0.1, 0.15) is 24.7 Å². The number of aromatic nitrogens is 7. The van der Waals surface area contributed by atoms with Gasteiger partial charge in [-0.2, -0.15) is 10.2 Å². The van der Waals surface area contributed by atoms with Crippen LogP contribution in [0.2, 0.25) is 0 Å². The van der Waals surface area contributed by atoms with Crippen molar-refractivity contribution in [1.29, 1.82) is 0 Å². The van der Waals surface area contributed by atoms with Gasteiger partial charge in [-0.3, -0.25) is 34.5 Å². The summed E-state index contributed by atoms with van der Waals surface area (Å²) in [5.74, 6) is -0.701. The van der Waals surface area contributed by atoms with Crippen LogP contribution < -0.4 is 21.7 Å². The maximum Gasteiger partial charge on any atom is 0.327 e. The summed E-state index contributed by atoms with van der Waals surface area (Å²) in [5, 5.41) is 20.0. The number of amides is 2. The average molecular weight is 884 g/mol. The van der Waals surface area contributed by atoms with Gasteiger partial charge in [-0.1, -0.05) is 60.7 Å². The van der Waals surface area contributed by atoms with E-state index in [-0.39, 0.29) is 38.1 Å². The molecule has 18 heteroatoms. The van der Waals surface area contributed by atoms with Gasteiger partial charge in [0.15, 0.2) is 0 Å². The second-order valence-corrected chi connectivity index (χ2v) is 14.8. The van der Waals surface area contributed by atoms with Gasteiger partial charge in [0, 0.05) is 60.0 Å². The van der Waals surface area contributed by atoms with Crippen LogP contribution in [0, 0.1) is 0 Å². The number of thiazole rings is 1. The molecule has 64 heavy (non-hydrogen) atoms. The van der Waals surface area contributed by atoms with Crippen molar-refractivity contribution in [2.24, 2.45) is 5.73 Å². The number of anilines is 2. The van der Waals surface area contributed by atoms with Crippen molar-refractivity contribution >= 4 is 46.7 Å². The molecule has 5 aromatic heterocycles. The average Bonchev–Trinajstić information content (AvgIpc) is 4.08. The highest BCUT2D eigenvalue weighted by molar-refractivity contribution is 7.07. The fourth-order valence-electron chi connectivity index (χ4n) is 6.31. The topological polar surface area (TPSA) is 223 Å². The first-order valence-corrected chi connectivity index (χ1v) is 21.5. The van der Waals surface area contributed by atoms with E-state index < -0.39 is 24.0 Å². The summed E-state index contributed by atoms with van der Waals surface area (Å²) in [6.07, 6.45) is 7.50. The Balaban J connectivity index is 0.000000216. The Morgan fingerprint density at radius 1 is 0.672 bits per heavy atom. The maximum absolute atomic E-state index is 13.4. The molecule has 0 radical (unpaired) electrons. The van der Waals surface area contributed by atoms with Crippen LogP contribution in [0.25, 0.3) is 22.5 Å². The normalized spacial score (nSPS) is 11.7. The van der Waals surface area contributed by atoms with Crippen LogP contribution in [0.4, 0.5) is 11.6 Å². The minimum atomic E-state index is -0.743. The van der Waals surface area contributed by atoms with Crippen molar-refractivity contribution in [2.75, 3.05) is 23.8 Å². The van der Waals surface area contributed by atoms with Crippen LogP contribution in [0.15, 0.2) is 133 Å². The molecule has 0 saturated carbocycles. The van der Waals surface area contributed by atoms with Crippen molar-refractivity contribution in [3.8, 4) is 22.5 Å². The largest absolute Gasteiger partial charge is 0.465 e. The number of hydrogen-bond donors (Lipinski definition) is 4. The van der Waals surface area contributed by atoms with Crippen LogP contribution in [0.1, 0.15) is 30.7 Å². The van der Waals surface area contributed by atoms with Gasteiger partial charge in [-0.25, -0.2) is 14.3 Å². The quantitative estimate of drug-likeness (QED) is 0.0756. The number of carbonyl (C=O) groups excluding carboxylic acids is 4. The summed E-state index contributed by atoms with van der Waals surface area (Å²) >= 11 is 1.51. The first-order chi connectivity index (χ1) is 31.2. The van der Waals surface area contributed by atoms with Crippen molar-refractivity contribution in [2.45, 2.75) is 58.4 Å². The van der Waals surface area contributed by atoms with E-state index in [1.165, 1.54) is 20.7 Å². The highest BCUT2D eigenvalue weighted by Gasteiger charge is 2.23. The molecule has 2 atom stereocenters. The molecule has 7 rings (SSSR count). The van der Waals surface area contributed by atoms with E-state index in [0.29, 0.717) is 42.4 Å². The van der Waals surface area contributed by atoms with E-state index in [1.54, 1.807) is 68.4 Å². The number of nitrogens with one attached hydrogen (secondary N) is 3. The highest BCUT2D eigenvalue weighted by Crippen LogP contribution is 2.23. The number of ether oxygens (including phenoxy) is 2. The Morgan fingerprint density at radius 3 is 1.62 bits per heavy atom. The van der Waals surface area contributed by atoms with Crippen molar-refractivity contribution in [3.05, 3.63) is 150 Å². The van der Waals surface area contributed by atoms with E-state index >= 15 is 0 Å². The zero-order valence-electron chi connectivity index (χ0n) is 35.4. The number of nitrogens with zero attached hydrogens (tertiary/aromatic N) is 7. The lowest BCUT2D eigenvalue weighted by Crippen LogP contribution is -2.42. The van der Waals surface area contributed by atoms with Crippen LogP contribution >= 0.6 is 11.3 Å². The molecule has 2 aromatic carbocycles. The molecule has 0 unspecified atom stereocenters. The molecule has 0 bridgehead atoms. The summed E-state index contributed by atoms with van der Waals surface area (Å²) in [6.45, 7) is 4.22. The number of nitrogens with two attached hydrogens (primary N) is 1. The number of carbonyl (C=O) groups is 4. The monoisotopic (exact) mass is 883 g/mol. The molecule has 2 amide bonds. The molecule has 0 spiro atoms. The molecule has 7 aromatic rings. The first-order valence-electron chi connectivity index (χ1n) is 20.5. The Hall–Kier alpha value is -7.41. The Morgan fingerprint density at radius 2 is 1.16 bits per heavy atom. The van der Waals surface area contributed by atoms with Crippen LogP contribution in [0.5, 0.6) is 0 Å². The fraction of sp³-hybridized carbons (Fsp3) is 0.239. The molecule has 17 nitrogen and oxygen atoms in total. The lowest BCUT2D eigenvalue weighted by molar-refractivity contribution is -0.144. The van der Waals surface area contributed by atoms with E-state index in [4.69, 9.17) is 15.2 Å². The van der Waals surface area contributed by atoms with Gasteiger partial charge in [0.05, 0.1) is 47.9 Å². The summed E-state index contributed by atoms with van der Waals surface area (Å²) < 4.78 is 12.9. The molecule has 330 valence electrons. The zero-order chi connectivity index (χ0) is 45.1. The van der Waals surface area contributed by atoms with Gasteiger partial charge in [-0.05, 0) is 62.1 Å². The van der Waals surface area contributed by atoms with Gasteiger partial charge >= 0.3 is 11.9 Å². The lowest BCUT2D eigenvalue weighted by atomic mass is 10.1. The Kier molecular flexibility index (Phi) is 17.1. The summed E-state index contributed by atoms with van der Waals surface area (Å²) in [5.41, 5.74) is 13.5. The van der Waals surface area contributed by atoms with Crippen LogP contribution in [-0.2, 0) is 61.1 Å². The molecular weight excluding hydrogens is 835 g/mol. The van der Waals surface area contributed by atoms with Crippen LogP contribution in [-0.4, -0.2) is 83.6 Å². The third-order valence-electron chi connectivity index (χ3n) is 9.43. The second kappa shape index (κ2) is 23.7. The smallest absolute Gasteiger partial charge is 0.327 e. The number of esters is 2. The Bertz CT molecular complexity index is 2540. The second-order valence-electron chi connectivity index (χ2n) is 14.1. The molecule has 0 saturated heterocycles. The minimum Gasteiger partial charge on any atom is -0.465 e. The minimum absolute atomic E-state index is 0.121. The molecule has 5 heterocycles. The standard InChI is InChI=1S/C25H26N6O3S.C21H23N5O3/c1-2-34-24(32)15-31-23(13-21(30-31)19-8-10-26-11-9-19)29-25(33)22(12-18-6-4-3-5-7-18)27-14-20-16-35-17-28-20;1-2-29-20(27)14-26-19(13-18(25-26)16-8-10-23-11-9-16)24-21(28)17(22)12-15-6-4-3-5-7-15/h3-11,13,16-17,22,27H,2,12,14-15H2,1H3,(H,29,33);3-11,13,17H,2,12,14,22H2,1H3,(H,24,28)/t22-;17-/m00/s1. The predicted molar refractivity (Wildman–Crippen MR) is 242 cm³/mol. The molecule has 5 N–H and O–H groups in total. The van der Waals surface area contributed by atoms with Crippen molar-refractivity contribution in [3.63, 3.8) is 0 Å². The summed E-state index contributed by atoms with van der Waals surface area (Å²) in [7, 11) is 0. The lowest BCUT2D eigenvalue weighted by Gasteiger charge is -2.18. The van der Waals surface area contributed by atoms with Gasteiger partial charge in [0.25, 0.3) is 0 Å². The van der Waals surface area contributed by atoms with Gasteiger partial charge < -0.3 is 25.8 Å². The number of benzene rings is 2.